The van der Waals surface area contributed by atoms with Crippen molar-refractivity contribution in [1.82, 2.24) is 24.1 Å². The molecule has 0 aliphatic rings. The van der Waals surface area contributed by atoms with Crippen LogP contribution in [0.4, 0.5) is 0 Å². The Balaban J connectivity index is 2.07. The molecule has 0 saturated heterocycles. The fraction of sp³-hybridized carbons (Fsp3) is 0.222. The Morgan fingerprint density at radius 2 is 1.35 bits per heavy atom. The normalized spacial score (nSPS) is 11.5. The number of phenols is 1. The van der Waals surface area contributed by atoms with Gasteiger partial charge in [-0.05, 0) is 43.2 Å². The zero-order valence-corrected chi connectivity index (χ0v) is 14.8. The van der Waals surface area contributed by atoms with E-state index >= 15 is 0 Å². The van der Waals surface area contributed by atoms with Crippen molar-refractivity contribution in [2.75, 3.05) is 0 Å². The number of nitrogens with zero attached hydrogens (tertiary/aromatic N) is 5. The number of benzene rings is 2. The Morgan fingerprint density at radius 1 is 0.846 bits per heavy atom. The number of aryl methyl sites for hydroxylation is 4. The first-order valence-electron chi connectivity index (χ1n) is 8.05. The summed E-state index contributed by atoms with van der Waals surface area (Å²) in [7, 11) is 3.11. The Bertz CT molecular complexity index is 1250. The second-order valence-corrected chi connectivity index (χ2v) is 6.50. The van der Waals surface area contributed by atoms with Crippen molar-refractivity contribution in [2.45, 2.75) is 13.8 Å². The van der Waals surface area contributed by atoms with Crippen molar-refractivity contribution in [2.24, 2.45) is 14.1 Å². The summed E-state index contributed by atoms with van der Waals surface area (Å²) in [5, 5.41) is 19.2. The van der Waals surface area contributed by atoms with Crippen LogP contribution in [0.1, 0.15) is 11.1 Å². The zero-order valence-electron chi connectivity index (χ0n) is 14.8. The third-order valence-electron chi connectivity index (χ3n) is 4.63. The molecule has 0 fully saturated rings. The standard InChI is InChI=1S/C18H17N5O3/c1-9-5-10(2)16(24)15(6-9)23-19-11-7-13-14(8-12(11)20-23)22(4)18(26)17(25)21(13)3/h5-8,24H,1-4H3. The molecule has 8 heteroatoms. The van der Waals surface area contributed by atoms with Gasteiger partial charge < -0.3 is 14.2 Å². The maximum atomic E-state index is 12.0. The Morgan fingerprint density at radius 3 is 1.85 bits per heavy atom. The molecule has 4 rings (SSSR count). The predicted molar refractivity (Wildman–Crippen MR) is 98.0 cm³/mol. The van der Waals surface area contributed by atoms with Gasteiger partial charge in [0.2, 0.25) is 0 Å². The molecule has 0 unspecified atom stereocenters. The number of aromatic nitrogens is 5. The van der Waals surface area contributed by atoms with E-state index in [4.69, 9.17) is 0 Å². The molecule has 0 bridgehead atoms. The molecule has 0 amide bonds. The topological polar surface area (TPSA) is 94.9 Å². The van der Waals surface area contributed by atoms with Crippen LogP contribution < -0.4 is 11.1 Å². The number of hydrogen-bond donors (Lipinski definition) is 1. The molecule has 0 saturated carbocycles. The summed E-state index contributed by atoms with van der Waals surface area (Å²) in [4.78, 5) is 25.5. The third kappa shape index (κ3) is 2.15. The summed E-state index contributed by atoms with van der Waals surface area (Å²) < 4.78 is 2.62. The summed E-state index contributed by atoms with van der Waals surface area (Å²) in [5.74, 6) is 0.111. The maximum Gasteiger partial charge on any atom is 0.316 e. The van der Waals surface area contributed by atoms with Crippen LogP contribution in [0.15, 0.2) is 33.9 Å². The summed E-state index contributed by atoms with van der Waals surface area (Å²) in [6, 6.07) is 7.11. The van der Waals surface area contributed by atoms with Crippen molar-refractivity contribution in [3.8, 4) is 11.4 Å². The van der Waals surface area contributed by atoms with Crippen LogP contribution >= 0.6 is 0 Å². The van der Waals surface area contributed by atoms with E-state index in [1.807, 2.05) is 19.9 Å². The van der Waals surface area contributed by atoms with Crippen LogP contribution in [0.3, 0.4) is 0 Å². The van der Waals surface area contributed by atoms with Crippen LogP contribution in [0.25, 0.3) is 27.8 Å². The van der Waals surface area contributed by atoms with Gasteiger partial charge in [-0.2, -0.15) is 0 Å². The molecule has 2 heterocycles. The van der Waals surface area contributed by atoms with Gasteiger partial charge in [-0.25, -0.2) is 0 Å². The fourth-order valence-electron chi connectivity index (χ4n) is 3.18. The van der Waals surface area contributed by atoms with Crippen molar-refractivity contribution >= 4 is 22.1 Å². The first-order chi connectivity index (χ1) is 12.3. The first kappa shape index (κ1) is 16.1. The summed E-state index contributed by atoms with van der Waals surface area (Å²) in [5.41, 5.74) is 3.28. The first-order valence-corrected chi connectivity index (χ1v) is 8.05. The molecule has 26 heavy (non-hydrogen) atoms. The molecule has 0 aliphatic heterocycles. The molecule has 0 radical (unpaired) electrons. The maximum absolute atomic E-state index is 12.0. The molecule has 132 valence electrons. The SMILES string of the molecule is Cc1cc(C)c(O)c(-n2nc3cc4c(cc3n2)n(C)c(=O)c(=O)n4C)c1. The van der Waals surface area contributed by atoms with Crippen LogP contribution in [-0.2, 0) is 14.1 Å². The van der Waals surface area contributed by atoms with Crippen molar-refractivity contribution in [3.05, 3.63) is 56.1 Å². The number of rotatable bonds is 1. The average molecular weight is 351 g/mol. The van der Waals surface area contributed by atoms with E-state index in [1.54, 1.807) is 32.3 Å². The lowest BCUT2D eigenvalue weighted by Crippen LogP contribution is -2.39. The lowest BCUT2D eigenvalue weighted by Gasteiger charge is -2.07. The highest BCUT2D eigenvalue weighted by Gasteiger charge is 2.15. The van der Waals surface area contributed by atoms with Crippen LogP contribution in [0.5, 0.6) is 5.75 Å². The van der Waals surface area contributed by atoms with Gasteiger partial charge in [-0.3, -0.25) is 9.59 Å². The third-order valence-corrected chi connectivity index (χ3v) is 4.63. The van der Waals surface area contributed by atoms with Crippen LogP contribution in [-0.4, -0.2) is 29.2 Å². The molecule has 2 aromatic heterocycles. The summed E-state index contributed by atoms with van der Waals surface area (Å²) >= 11 is 0. The van der Waals surface area contributed by atoms with Crippen LogP contribution in [0.2, 0.25) is 0 Å². The van der Waals surface area contributed by atoms with Gasteiger partial charge in [-0.15, -0.1) is 15.0 Å². The second-order valence-electron chi connectivity index (χ2n) is 6.50. The smallest absolute Gasteiger partial charge is 0.316 e. The molecule has 0 aliphatic carbocycles. The average Bonchev–Trinajstić information content (AvgIpc) is 3.02. The number of fused-ring (bicyclic) bond motifs is 2. The van der Waals surface area contributed by atoms with Crippen molar-refractivity contribution in [1.29, 1.82) is 0 Å². The monoisotopic (exact) mass is 351 g/mol. The van der Waals surface area contributed by atoms with Gasteiger partial charge in [0.05, 0.1) is 11.0 Å². The number of hydrogen-bond acceptors (Lipinski definition) is 5. The molecular weight excluding hydrogens is 334 g/mol. The largest absolute Gasteiger partial charge is 0.505 e. The molecule has 4 aromatic rings. The highest BCUT2D eigenvalue weighted by Crippen LogP contribution is 2.27. The van der Waals surface area contributed by atoms with Crippen molar-refractivity contribution in [3.63, 3.8) is 0 Å². The van der Waals surface area contributed by atoms with Gasteiger partial charge >= 0.3 is 11.1 Å². The Kier molecular flexibility index (Phi) is 3.27. The summed E-state index contributed by atoms with van der Waals surface area (Å²) in [6.07, 6.45) is 0. The zero-order chi connectivity index (χ0) is 18.7. The van der Waals surface area contributed by atoms with E-state index in [2.05, 4.69) is 10.2 Å². The highest BCUT2D eigenvalue weighted by atomic mass is 16.3. The van der Waals surface area contributed by atoms with E-state index < -0.39 is 11.1 Å². The second kappa shape index (κ2) is 5.29. The molecular formula is C18H17N5O3. The van der Waals surface area contributed by atoms with Gasteiger partial charge in [-0.1, -0.05) is 6.07 Å². The van der Waals surface area contributed by atoms with E-state index in [0.717, 1.165) is 11.1 Å². The molecule has 8 nitrogen and oxygen atoms in total. The Hall–Kier alpha value is -3.42. The van der Waals surface area contributed by atoms with Crippen molar-refractivity contribution < 1.29 is 5.11 Å². The lowest BCUT2D eigenvalue weighted by atomic mass is 10.1. The summed E-state index contributed by atoms with van der Waals surface area (Å²) in [6.45, 7) is 3.74. The minimum Gasteiger partial charge on any atom is -0.505 e. The molecule has 0 spiro atoms. The molecule has 2 aromatic carbocycles. The fourth-order valence-corrected chi connectivity index (χ4v) is 3.18. The minimum absolute atomic E-state index is 0.111. The lowest BCUT2D eigenvalue weighted by molar-refractivity contribution is 0.463. The minimum atomic E-state index is -0.598. The molecule has 0 atom stereocenters. The van der Waals surface area contributed by atoms with Gasteiger partial charge in [0, 0.05) is 14.1 Å². The van der Waals surface area contributed by atoms with E-state index in [0.29, 0.717) is 27.8 Å². The quantitative estimate of drug-likeness (QED) is 0.522. The molecule has 1 N–H and O–H groups in total. The number of phenolic OH excluding ortho intramolecular Hbond substituents is 1. The predicted octanol–water partition coefficient (Wildman–Crippen LogP) is 1.29. The highest BCUT2D eigenvalue weighted by molar-refractivity contribution is 5.91. The van der Waals surface area contributed by atoms with E-state index in [9.17, 15) is 14.7 Å². The number of aromatic hydroxyl groups is 1. The Labute approximate surface area is 147 Å². The van der Waals surface area contributed by atoms with Gasteiger partial charge in [0.25, 0.3) is 0 Å². The van der Waals surface area contributed by atoms with Gasteiger partial charge in [0.1, 0.15) is 22.5 Å². The van der Waals surface area contributed by atoms with Gasteiger partial charge in [0.15, 0.2) is 0 Å². The van der Waals surface area contributed by atoms with E-state index in [-0.39, 0.29) is 5.75 Å². The van der Waals surface area contributed by atoms with Crippen LogP contribution in [0, 0.1) is 13.8 Å². The van der Waals surface area contributed by atoms with E-state index in [1.165, 1.54) is 13.9 Å².